The van der Waals surface area contributed by atoms with Gasteiger partial charge in [-0.25, -0.2) is 4.98 Å². The highest BCUT2D eigenvalue weighted by Crippen LogP contribution is 2.28. The highest BCUT2D eigenvalue weighted by atomic mass is 79.9. The Morgan fingerprint density at radius 1 is 1.45 bits per heavy atom. The Morgan fingerprint density at radius 2 is 2.25 bits per heavy atom. The van der Waals surface area contributed by atoms with Crippen LogP contribution in [0.3, 0.4) is 0 Å². The molecule has 0 aliphatic carbocycles. The minimum atomic E-state index is -0.0615. The first kappa shape index (κ1) is 15.5. The second-order valence-electron chi connectivity index (χ2n) is 4.74. The lowest BCUT2D eigenvalue weighted by molar-refractivity contribution is 0.297. The van der Waals surface area contributed by atoms with Gasteiger partial charge in [-0.1, -0.05) is 22.9 Å². The van der Waals surface area contributed by atoms with Gasteiger partial charge in [-0.2, -0.15) is 0 Å². The molecule has 0 bridgehead atoms. The summed E-state index contributed by atoms with van der Waals surface area (Å²) in [6, 6.07) is 5.85. The van der Waals surface area contributed by atoms with Crippen LogP contribution in [0.25, 0.3) is 0 Å². The molecule has 0 fully saturated rings. The van der Waals surface area contributed by atoms with Crippen molar-refractivity contribution in [3.05, 3.63) is 44.3 Å². The van der Waals surface area contributed by atoms with Crippen molar-refractivity contribution in [2.45, 2.75) is 39.3 Å². The Kier molecular flexibility index (Phi) is 5.57. The summed E-state index contributed by atoms with van der Waals surface area (Å²) in [5, 5.41) is 3.24. The number of aryl methyl sites for hydroxylation is 1. The Bertz CT molecular complexity index is 569. The molecular weight excluding hydrogens is 336 g/mol. The van der Waals surface area contributed by atoms with Gasteiger partial charge in [0.2, 0.25) is 0 Å². The number of halogens is 1. The monoisotopic (exact) mass is 354 g/mol. The number of nitrogens with zero attached hydrogens (tertiary/aromatic N) is 1. The van der Waals surface area contributed by atoms with E-state index in [4.69, 9.17) is 10.5 Å². The second-order valence-corrected chi connectivity index (χ2v) is 6.60. The summed E-state index contributed by atoms with van der Waals surface area (Å²) < 4.78 is 6.88. The van der Waals surface area contributed by atoms with Crippen LogP contribution in [0.15, 0.2) is 28.1 Å². The number of benzene rings is 1. The second kappa shape index (κ2) is 7.20. The number of aromatic nitrogens is 1. The van der Waals surface area contributed by atoms with Crippen molar-refractivity contribution in [2.75, 3.05) is 0 Å². The van der Waals surface area contributed by atoms with Gasteiger partial charge >= 0.3 is 0 Å². The zero-order chi connectivity index (χ0) is 14.5. The Labute approximate surface area is 132 Å². The number of thiazole rings is 1. The molecule has 2 rings (SSSR count). The number of rotatable bonds is 6. The van der Waals surface area contributed by atoms with Crippen LogP contribution in [0.2, 0.25) is 0 Å². The standard InChI is InChI=1S/C15H19BrN2OS/c1-3-4-15-18-12(9-20-15)8-19-14-6-5-11(16)7-13(14)10(2)17/h5-7,9-10H,3-4,8,17H2,1-2H3. The molecule has 0 aliphatic heterocycles. The first-order valence-corrected chi connectivity index (χ1v) is 8.38. The van der Waals surface area contributed by atoms with E-state index in [1.54, 1.807) is 11.3 Å². The predicted octanol–water partition coefficient (Wildman–Crippen LogP) is 4.46. The van der Waals surface area contributed by atoms with Crippen LogP contribution in [-0.4, -0.2) is 4.98 Å². The van der Waals surface area contributed by atoms with E-state index in [9.17, 15) is 0 Å². The Morgan fingerprint density at radius 3 is 2.95 bits per heavy atom. The van der Waals surface area contributed by atoms with Crippen molar-refractivity contribution >= 4 is 27.3 Å². The van der Waals surface area contributed by atoms with Crippen molar-refractivity contribution in [2.24, 2.45) is 5.73 Å². The van der Waals surface area contributed by atoms with Crippen LogP contribution >= 0.6 is 27.3 Å². The summed E-state index contributed by atoms with van der Waals surface area (Å²) in [5.41, 5.74) is 7.97. The van der Waals surface area contributed by atoms with Gasteiger partial charge in [0.25, 0.3) is 0 Å². The first-order valence-electron chi connectivity index (χ1n) is 6.71. The van der Waals surface area contributed by atoms with Crippen LogP contribution in [0.5, 0.6) is 5.75 Å². The van der Waals surface area contributed by atoms with Crippen molar-refractivity contribution in [1.29, 1.82) is 0 Å². The molecule has 0 spiro atoms. The molecule has 0 saturated carbocycles. The summed E-state index contributed by atoms with van der Waals surface area (Å²) in [4.78, 5) is 4.56. The zero-order valence-corrected chi connectivity index (χ0v) is 14.1. The number of nitrogens with two attached hydrogens (primary N) is 1. The summed E-state index contributed by atoms with van der Waals surface area (Å²) in [6.07, 6.45) is 2.16. The van der Waals surface area contributed by atoms with E-state index in [-0.39, 0.29) is 6.04 Å². The SMILES string of the molecule is CCCc1nc(COc2ccc(Br)cc2C(C)N)cs1. The van der Waals surface area contributed by atoms with Gasteiger partial charge in [0.15, 0.2) is 0 Å². The maximum absolute atomic E-state index is 5.98. The largest absolute Gasteiger partial charge is 0.487 e. The Hall–Kier alpha value is -0.910. The lowest BCUT2D eigenvalue weighted by Crippen LogP contribution is -2.08. The molecule has 0 saturated heterocycles. The minimum Gasteiger partial charge on any atom is -0.487 e. The smallest absolute Gasteiger partial charge is 0.131 e. The van der Waals surface area contributed by atoms with E-state index < -0.39 is 0 Å². The average molecular weight is 355 g/mol. The fourth-order valence-electron chi connectivity index (χ4n) is 1.90. The lowest BCUT2D eigenvalue weighted by Gasteiger charge is -2.13. The number of hydrogen-bond acceptors (Lipinski definition) is 4. The van der Waals surface area contributed by atoms with Crippen LogP contribution in [0, 0.1) is 0 Å². The first-order chi connectivity index (χ1) is 9.60. The molecule has 108 valence electrons. The summed E-state index contributed by atoms with van der Waals surface area (Å²) in [6.45, 7) is 4.60. The third-order valence-electron chi connectivity index (χ3n) is 2.90. The van der Waals surface area contributed by atoms with Gasteiger partial charge in [0.1, 0.15) is 12.4 Å². The van der Waals surface area contributed by atoms with Crippen LogP contribution in [0.4, 0.5) is 0 Å². The molecular formula is C15H19BrN2OS. The lowest BCUT2D eigenvalue weighted by atomic mass is 10.1. The molecule has 5 heteroatoms. The molecule has 1 aromatic heterocycles. The fraction of sp³-hybridized carbons (Fsp3) is 0.400. The molecule has 1 atom stereocenters. The van der Waals surface area contributed by atoms with E-state index >= 15 is 0 Å². The number of hydrogen-bond donors (Lipinski definition) is 1. The highest BCUT2D eigenvalue weighted by molar-refractivity contribution is 9.10. The van der Waals surface area contributed by atoms with E-state index in [0.29, 0.717) is 6.61 Å². The van der Waals surface area contributed by atoms with Crippen LogP contribution < -0.4 is 10.5 Å². The molecule has 20 heavy (non-hydrogen) atoms. The average Bonchev–Trinajstić information content (AvgIpc) is 2.85. The van der Waals surface area contributed by atoms with Crippen LogP contribution in [0.1, 0.15) is 42.6 Å². The van der Waals surface area contributed by atoms with E-state index in [1.165, 1.54) is 5.01 Å². The third kappa shape index (κ3) is 4.04. The van der Waals surface area contributed by atoms with E-state index in [1.807, 2.05) is 25.1 Å². The van der Waals surface area contributed by atoms with E-state index in [2.05, 4.69) is 33.2 Å². The summed E-state index contributed by atoms with van der Waals surface area (Å²) in [5.74, 6) is 0.827. The van der Waals surface area contributed by atoms with Gasteiger partial charge in [-0.05, 0) is 38.0 Å². The molecule has 1 heterocycles. The normalized spacial score (nSPS) is 12.4. The molecule has 1 aromatic carbocycles. The predicted molar refractivity (Wildman–Crippen MR) is 87.2 cm³/mol. The van der Waals surface area contributed by atoms with Crippen molar-refractivity contribution in [3.8, 4) is 5.75 Å². The van der Waals surface area contributed by atoms with Gasteiger partial charge in [-0.15, -0.1) is 11.3 Å². The molecule has 1 unspecified atom stereocenters. The highest BCUT2D eigenvalue weighted by Gasteiger charge is 2.10. The maximum atomic E-state index is 5.98. The molecule has 0 radical (unpaired) electrons. The third-order valence-corrected chi connectivity index (χ3v) is 4.35. The van der Waals surface area contributed by atoms with Crippen molar-refractivity contribution in [1.82, 2.24) is 4.98 Å². The zero-order valence-electron chi connectivity index (χ0n) is 11.7. The van der Waals surface area contributed by atoms with Gasteiger partial charge in [-0.3, -0.25) is 0 Å². The molecule has 0 aliphatic rings. The summed E-state index contributed by atoms with van der Waals surface area (Å²) in [7, 11) is 0. The molecule has 2 aromatic rings. The van der Waals surface area contributed by atoms with Gasteiger partial charge in [0, 0.05) is 21.5 Å². The van der Waals surface area contributed by atoms with Crippen molar-refractivity contribution < 1.29 is 4.74 Å². The fourth-order valence-corrected chi connectivity index (χ4v) is 3.17. The number of ether oxygens (including phenoxy) is 1. The quantitative estimate of drug-likeness (QED) is 0.832. The summed E-state index contributed by atoms with van der Waals surface area (Å²) >= 11 is 5.16. The minimum absolute atomic E-state index is 0.0615. The molecule has 3 nitrogen and oxygen atoms in total. The molecule has 0 amide bonds. The van der Waals surface area contributed by atoms with Crippen LogP contribution in [-0.2, 0) is 13.0 Å². The molecule has 2 N–H and O–H groups in total. The topological polar surface area (TPSA) is 48.1 Å². The Balaban J connectivity index is 2.06. The van der Waals surface area contributed by atoms with E-state index in [0.717, 1.165) is 34.3 Å². The van der Waals surface area contributed by atoms with Crippen molar-refractivity contribution in [3.63, 3.8) is 0 Å². The van der Waals surface area contributed by atoms with Gasteiger partial charge < -0.3 is 10.5 Å². The van der Waals surface area contributed by atoms with Gasteiger partial charge in [0.05, 0.1) is 10.7 Å². The maximum Gasteiger partial charge on any atom is 0.131 e.